The topological polar surface area (TPSA) is 111 Å². The van der Waals surface area contributed by atoms with Gasteiger partial charge in [0.1, 0.15) is 5.75 Å². The molecule has 142 valence electrons. The number of aromatic nitrogens is 6. The number of nitrogens with zero attached hydrogens (tertiary/aromatic N) is 5. The van der Waals surface area contributed by atoms with Gasteiger partial charge in [-0.1, -0.05) is 12.1 Å². The zero-order valence-electron chi connectivity index (χ0n) is 15.9. The van der Waals surface area contributed by atoms with Crippen molar-refractivity contribution in [3.05, 3.63) is 47.3 Å². The summed E-state index contributed by atoms with van der Waals surface area (Å²) in [5.41, 5.74) is 3.36. The summed E-state index contributed by atoms with van der Waals surface area (Å²) < 4.78 is 7.01. The molecule has 3 aromatic heterocycles. The number of fused-ring (bicyclic) bond motifs is 1. The molecular formula is C19H19N7O2. The molecule has 0 radical (unpaired) electrons. The molecule has 0 unspecified atom stereocenters. The van der Waals surface area contributed by atoms with Crippen molar-refractivity contribution < 1.29 is 9.53 Å². The number of para-hydroxylation sites is 1. The van der Waals surface area contributed by atoms with Crippen LogP contribution in [0.5, 0.6) is 5.75 Å². The van der Waals surface area contributed by atoms with Gasteiger partial charge in [0.15, 0.2) is 11.5 Å². The smallest absolute Gasteiger partial charge is 0.258 e. The summed E-state index contributed by atoms with van der Waals surface area (Å²) in [6.07, 6.45) is 0. The van der Waals surface area contributed by atoms with E-state index in [2.05, 4.69) is 30.6 Å². The molecule has 4 aromatic rings. The minimum Gasteiger partial charge on any atom is -0.496 e. The number of aryl methyl sites for hydroxylation is 3. The van der Waals surface area contributed by atoms with Crippen molar-refractivity contribution >= 4 is 22.9 Å². The molecule has 0 saturated carbocycles. The van der Waals surface area contributed by atoms with E-state index in [0.29, 0.717) is 28.2 Å². The van der Waals surface area contributed by atoms with Crippen molar-refractivity contribution in [2.24, 2.45) is 7.05 Å². The molecule has 0 bridgehead atoms. The molecule has 0 aliphatic rings. The summed E-state index contributed by atoms with van der Waals surface area (Å²) in [6.45, 7) is 3.69. The summed E-state index contributed by atoms with van der Waals surface area (Å²) in [6, 6.07) is 9.17. The number of anilines is 1. The average Bonchev–Trinajstić information content (AvgIpc) is 3.25. The van der Waals surface area contributed by atoms with Crippen LogP contribution in [0, 0.1) is 13.8 Å². The standard InChI is InChI=1S/C19H19N7O2/c1-10-9-13(15-11(2)25-26(3)17(15)20-10)18(27)22-19-21-16(23-24-19)12-7-5-6-8-14(12)28-4/h5-9H,1-4H3,(H2,21,22,23,24,27). The molecule has 4 rings (SSSR count). The van der Waals surface area contributed by atoms with Crippen LogP contribution in [0.25, 0.3) is 22.4 Å². The van der Waals surface area contributed by atoms with Crippen LogP contribution in [0.3, 0.4) is 0 Å². The predicted molar refractivity (Wildman–Crippen MR) is 104 cm³/mol. The van der Waals surface area contributed by atoms with Crippen LogP contribution in [0.2, 0.25) is 0 Å². The molecule has 28 heavy (non-hydrogen) atoms. The lowest BCUT2D eigenvalue weighted by Crippen LogP contribution is -2.14. The van der Waals surface area contributed by atoms with Crippen LogP contribution < -0.4 is 10.1 Å². The Hall–Kier alpha value is -3.75. The summed E-state index contributed by atoms with van der Waals surface area (Å²) in [5, 5.41) is 14.8. The maximum absolute atomic E-state index is 12.9. The lowest BCUT2D eigenvalue weighted by molar-refractivity contribution is 0.102. The lowest BCUT2D eigenvalue weighted by Gasteiger charge is -2.05. The molecule has 9 nitrogen and oxygen atoms in total. The van der Waals surface area contributed by atoms with Crippen molar-refractivity contribution in [2.45, 2.75) is 13.8 Å². The molecule has 9 heteroatoms. The Kier molecular flexibility index (Phi) is 4.26. The lowest BCUT2D eigenvalue weighted by atomic mass is 10.1. The number of carbonyl (C=O) groups is 1. The first-order valence-electron chi connectivity index (χ1n) is 8.66. The number of H-pyrrole nitrogens is 1. The van der Waals surface area contributed by atoms with E-state index < -0.39 is 0 Å². The van der Waals surface area contributed by atoms with Gasteiger partial charge in [-0.05, 0) is 32.0 Å². The molecule has 0 atom stereocenters. The van der Waals surface area contributed by atoms with Crippen molar-refractivity contribution in [1.82, 2.24) is 29.9 Å². The van der Waals surface area contributed by atoms with Crippen LogP contribution in [0.15, 0.2) is 30.3 Å². The highest BCUT2D eigenvalue weighted by atomic mass is 16.5. The SMILES string of the molecule is COc1ccccc1-c1nc(NC(=O)c2cc(C)nc3c2c(C)nn3C)n[nH]1. The maximum atomic E-state index is 12.9. The van der Waals surface area contributed by atoms with E-state index in [0.717, 1.165) is 17.0 Å². The molecule has 1 aromatic carbocycles. The van der Waals surface area contributed by atoms with E-state index in [1.54, 1.807) is 24.9 Å². The first kappa shape index (κ1) is 17.7. The Morgan fingerprint density at radius 3 is 2.79 bits per heavy atom. The van der Waals surface area contributed by atoms with Gasteiger partial charge in [-0.25, -0.2) is 4.98 Å². The summed E-state index contributed by atoms with van der Waals surface area (Å²) in [5.74, 6) is 1.02. The molecule has 0 fully saturated rings. The molecule has 2 N–H and O–H groups in total. The Labute approximate surface area is 160 Å². The minimum atomic E-state index is -0.322. The van der Waals surface area contributed by atoms with Gasteiger partial charge in [0.25, 0.3) is 5.91 Å². The zero-order chi connectivity index (χ0) is 19.8. The Bertz CT molecular complexity index is 1190. The van der Waals surface area contributed by atoms with Crippen LogP contribution in [-0.4, -0.2) is 43.0 Å². The Morgan fingerprint density at radius 1 is 1.21 bits per heavy atom. The molecule has 3 heterocycles. The fourth-order valence-electron chi connectivity index (χ4n) is 3.20. The molecule has 0 saturated heterocycles. The van der Waals surface area contributed by atoms with Crippen LogP contribution in [0.4, 0.5) is 5.95 Å². The van der Waals surface area contributed by atoms with Gasteiger partial charge in [-0.15, -0.1) is 5.10 Å². The van der Waals surface area contributed by atoms with E-state index >= 15 is 0 Å². The van der Waals surface area contributed by atoms with Crippen LogP contribution >= 0.6 is 0 Å². The number of amides is 1. The third kappa shape index (κ3) is 2.96. The highest BCUT2D eigenvalue weighted by Gasteiger charge is 2.19. The van der Waals surface area contributed by atoms with Crippen molar-refractivity contribution in [1.29, 1.82) is 0 Å². The number of rotatable bonds is 4. The predicted octanol–water partition coefficient (Wildman–Crippen LogP) is 2.63. The number of carbonyl (C=O) groups excluding carboxylic acids is 1. The van der Waals surface area contributed by atoms with E-state index in [9.17, 15) is 4.79 Å². The second kappa shape index (κ2) is 6.76. The highest BCUT2D eigenvalue weighted by Crippen LogP contribution is 2.27. The fraction of sp³-hybridized carbons (Fsp3) is 0.211. The van der Waals surface area contributed by atoms with Crippen molar-refractivity contribution in [2.75, 3.05) is 12.4 Å². The zero-order valence-corrected chi connectivity index (χ0v) is 15.9. The third-order valence-corrected chi connectivity index (χ3v) is 4.41. The number of pyridine rings is 1. The number of hydrogen-bond donors (Lipinski definition) is 2. The first-order valence-corrected chi connectivity index (χ1v) is 8.66. The summed E-state index contributed by atoms with van der Waals surface area (Å²) in [4.78, 5) is 21.8. The molecule has 0 aliphatic heterocycles. The second-order valence-electron chi connectivity index (χ2n) is 6.38. The van der Waals surface area contributed by atoms with Gasteiger partial charge >= 0.3 is 0 Å². The number of methoxy groups -OCH3 is 1. The molecular weight excluding hydrogens is 358 g/mol. The Balaban J connectivity index is 1.67. The molecule has 0 aliphatic carbocycles. The summed E-state index contributed by atoms with van der Waals surface area (Å²) >= 11 is 0. The molecule has 0 spiro atoms. The van der Waals surface area contributed by atoms with Crippen LogP contribution in [-0.2, 0) is 7.05 Å². The van der Waals surface area contributed by atoms with Crippen LogP contribution in [0.1, 0.15) is 21.7 Å². The quantitative estimate of drug-likeness (QED) is 0.566. The Morgan fingerprint density at radius 2 is 2.00 bits per heavy atom. The van der Waals surface area contributed by atoms with Gasteiger partial charge in [-0.2, -0.15) is 10.1 Å². The van der Waals surface area contributed by atoms with Crippen molar-refractivity contribution in [3.63, 3.8) is 0 Å². The third-order valence-electron chi connectivity index (χ3n) is 4.41. The van der Waals surface area contributed by atoms with Gasteiger partial charge in [0, 0.05) is 12.7 Å². The van der Waals surface area contributed by atoms with Gasteiger partial charge in [0.2, 0.25) is 5.95 Å². The normalized spacial score (nSPS) is 11.0. The monoisotopic (exact) mass is 377 g/mol. The first-order chi connectivity index (χ1) is 13.5. The fourth-order valence-corrected chi connectivity index (χ4v) is 3.20. The van der Waals surface area contributed by atoms with E-state index in [4.69, 9.17) is 4.74 Å². The summed E-state index contributed by atoms with van der Waals surface area (Å²) in [7, 11) is 3.39. The average molecular weight is 377 g/mol. The minimum absolute atomic E-state index is 0.176. The number of nitrogens with one attached hydrogen (secondary N) is 2. The number of aromatic amines is 1. The number of hydrogen-bond acceptors (Lipinski definition) is 6. The van der Waals surface area contributed by atoms with E-state index in [1.807, 2.05) is 38.1 Å². The molecule has 1 amide bonds. The van der Waals surface area contributed by atoms with Gasteiger partial charge in [-0.3, -0.25) is 19.9 Å². The van der Waals surface area contributed by atoms with Gasteiger partial charge < -0.3 is 4.74 Å². The largest absolute Gasteiger partial charge is 0.496 e. The van der Waals surface area contributed by atoms with E-state index in [-0.39, 0.29) is 11.9 Å². The number of ether oxygens (including phenoxy) is 1. The second-order valence-corrected chi connectivity index (χ2v) is 6.38. The highest BCUT2D eigenvalue weighted by molar-refractivity contribution is 6.12. The maximum Gasteiger partial charge on any atom is 0.258 e. The van der Waals surface area contributed by atoms with Gasteiger partial charge in [0.05, 0.1) is 29.3 Å². The van der Waals surface area contributed by atoms with E-state index in [1.165, 1.54) is 0 Å². The number of benzene rings is 1. The van der Waals surface area contributed by atoms with Crippen molar-refractivity contribution in [3.8, 4) is 17.1 Å².